The number of benzene rings is 1. The van der Waals surface area contributed by atoms with Crippen LogP contribution in [0.1, 0.15) is 28.6 Å². The fourth-order valence-electron chi connectivity index (χ4n) is 2.50. The average Bonchev–Trinajstić information content (AvgIpc) is 2.41. The summed E-state index contributed by atoms with van der Waals surface area (Å²) in [6.07, 6.45) is 0. The van der Waals surface area contributed by atoms with E-state index >= 15 is 0 Å². The van der Waals surface area contributed by atoms with Gasteiger partial charge < -0.3 is 0 Å². The maximum atomic E-state index is 2.51. The Balaban J connectivity index is 2.58. The Hall–Kier alpha value is -0.157. The van der Waals surface area contributed by atoms with Gasteiger partial charge in [-0.1, -0.05) is 0 Å². The average molecular weight is 265 g/mol. The van der Waals surface area contributed by atoms with E-state index in [1.54, 1.807) is 11.1 Å². The van der Waals surface area contributed by atoms with Gasteiger partial charge in [0, 0.05) is 0 Å². The van der Waals surface area contributed by atoms with Gasteiger partial charge in [-0.2, -0.15) is 0 Å². The van der Waals surface area contributed by atoms with Crippen molar-refractivity contribution in [2.75, 3.05) is 0 Å². The van der Waals surface area contributed by atoms with Crippen LogP contribution < -0.4 is 0 Å². The summed E-state index contributed by atoms with van der Waals surface area (Å²) < 4.78 is 5.85. The predicted molar refractivity (Wildman–Crippen MR) is 59.2 cm³/mol. The summed E-state index contributed by atoms with van der Waals surface area (Å²) in [5.74, 6) is 0. The summed E-state index contributed by atoms with van der Waals surface area (Å²) >= 11 is -1.16. The van der Waals surface area contributed by atoms with E-state index < -0.39 is 21.8 Å². The van der Waals surface area contributed by atoms with Crippen LogP contribution in [-0.2, 0) is 21.8 Å². The third-order valence-electron chi connectivity index (χ3n) is 3.28. The minimum atomic E-state index is -1.16. The molecule has 0 saturated carbocycles. The molecule has 0 heterocycles. The van der Waals surface area contributed by atoms with E-state index in [1.165, 1.54) is 11.1 Å². The number of hydrogen-bond acceptors (Lipinski definition) is 0. The molecule has 1 unspecified atom stereocenters. The molecule has 0 fully saturated rings. The van der Waals surface area contributed by atoms with Gasteiger partial charge in [-0.05, 0) is 0 Å². The van der Waals surface area contributed by atoms with E-state index in [-0.39, 0.29) is 0 Å². The fourth-order valence-corrected chi connectivity index (χ4v) is 7.31. The molecule has 73 valence electrons. The van der Waals surface area contributed by atoms with Crippen LogP contribution in [0.3, 0.4) is 0 Å². The Kier molecular flexibility index (Phi) is 2.79. The Morgan fingerprint density at radius 1 is 1.07 bits per heavy atom. The summed E-state index contributed by atoms with van der Waals surface area (Å²) in [5, 5.41) is 0. The molecular formula is C13H17Zr. The molecule has 0 amide bonds. The van der Waals surface area contributed by atoms with Crippen LogP contribution in [-0.4, -0.2) is 0 Å². The number of rotatable bonds is 1. The topological polar surface area (TPSA) is 0 Å². The Bertz CT molecular complexity index is 388. The molecule has 1 atom stereocenters. The summed E-state index contributed by atoms with van der Waals surface area (Å²) in [5.41, 5.74) is 6.30. The first-order valence-corrected chi connectivity index (χ1v) is 11.5. The maximum absolute atomic E-state index is 2.51. The number of fused-ring (bicyclic) bond motifs is 1. The van der Waals surface area contributed by atoms with Gasteiger partial charge in [0.05, 0.1) is 0 Å². The van der Waals surface area contributed by atoms with E-state index in [4.69, 9.17) is 0 Å². The molecule has 0 saturated heterocycles. The minimum absolute atomic E-state index is 0.841. The SMILES string of the molecule is CC1=C(C)[CH]([Zr]([CH3])[CH3])c2ccccc21. The Morgan fingerprint density at radius 3 is 2.36 bits per heavy atom. The summed E-state index contributed by atoms with van der Waals surface area (Å²) in [6, 6.07) is 8.95. The van der Waals surface area contributed by atoms with Crippen molar-refractivity contribution in [3.8, 4) is 0 Å². The molecular weight excluding hydrogens is 247 g/mol. The van der Waals surface area contributed by atoms with Gasteiger partial charge in [-0.25, -0.2) is 0 Å². The van der Waals surface area contributed by atoms with Gasteiger partial charge in [0.1, 0.15) is 0 Å². The quantitative estimate of drug-likeness (QED) is 0.711. The fraction of sp³-hybridized carbons (Fsp3) is 0.385. The third kappa shape index (κ3) is 1.46. The van der Waals surface area contributed by atoms with Crippen molar-refractivity contribution >= 4 is 5.57 Å². The van der Waals surface area contributed by atoms with Gasteiger partial charge in [0.2, 0.25) is 0 Å². The van der Waals surface area contributed by atoms with Gasteiger partial charge in [-0.3, -0.25) is 0 Å². The molecule has 1 aromatic carbocycles. The molecule has 2 rings (SSSR count). The molecule has 14 heavy (non-hydrogen) atoms. The summed E-state index contributed by atoms with van der Waals surface area (Å²) in [4.78, 5) is 0. The van der Waals surface area contributed by atoms with Crippen LogP contribution in [0.5, 0.6) is 0 Å². The molecule has 0 aromatic heterocycles. The van der Waals surface area contributed by atoms with Gasteiger partial charge in [0.25, 0.3) is 0 Å². The zero-order chi connectivity index (χ0) is 10.3. The second kappa shape index (κ2) is 3.78. The first-order chi connectivity index (χ1) is 6.63. The van der Waals surface area contributed by atoms with E-state index in [0.717, 1.165) is 3.63 Å². The van der Waals surface area contributed by atoms with Crippen LogP contribution in [0.15, 0.2) is 29.8 Å². The number of hydrogen-bond donors (Lipinski definition) is 0. The van der Waals surface area contributed by atoms with Crippen LogP contribution in [0.2, 0.25) is 9.26 Å². The molecule has 0 radical (unpaired) electrons. The van der Waals surface area contributed by atoms with Crippen LogP contribution in [0.25, 0.3) is 5.57 Å². The Labute approximate surface area is 94.7 Å². The van der Waals surface area contributed by atoms with Crippen molar-refractivity contribution in [3.63, 3.8) is 0 Å². The standard InChI is InChI=1S/C11H11.2CH3.Zr/c1-8-7-10-5-3-4-6-11(10)9(8)2;;;/h3-7H,1-2H3;2*1H3;. The van der Waals surface area contributed by atoms with Crippen molar-refractivity contribution in [2.45, 2.75) is 26.7 Å². The predicted octanol–water partition coefficient (Wildman–Crippen LogP) is 4.25. The number of allylic oxidation sites excluding steroid dienone is 2. The molecule has 1 heteroatoms. The van der Waals surface area contributed by atoms with Crippen molar-refractivity contribution in [2.24, 2.45) is 0 Å². The second-order valence-electron chi connectivity index (χ2n) is 4.41. The van der Waals surface area contributed by atoms with Crippen LogP contribution in [0, 0.1) is 0 Å². The van der Waals surface area contributed by atoms with Gasteiger partial charge in [-0.15, -0.1) is 0 Å². The molecule has 1 aliphatic rings. The third-order valence-corrected chi connectivity index (χ3v) is 7.94. The van der Waals surface area contributed by atoms with Crippen molar-refractivity contribution < 1.29 is 21.8 Å². The van der Waals surface area contributed by atoms with E-state index in [1.807, 2.05) is 0 Å². The van der Waals surface area contributed by atoms with Crippen molar-refractivity contribution in [3.05, 3.63) is 41.0 Å². The summed E-state index contributed by atoms with van der Waals surface area (Å²) in [6.45, 7) is 4.60. The van der Waals surface area contributed by atoms with Gasteiger partial charge in [0.15, 0.2) is 0 Å². The molecule has 0 aliphatic heterocycles. The summed E-state index contributed by atoms with van der Waals surface area (Å²) in [7, 11) is 0. The molecule has 0 bridgehead atoms. The Morgan fingerprint density at radius 2 is 1.71 bits per heavy atom. The molecule has 1 aromatic rings. The zero-order valence-corrected chi connectivity index (χ0v) is 11.8. The zero-order valence-electron chi connectivity index (χ0n) is 9.39. The molecule has 0 nitrogen and oxygen atoms in total. The van der Waals surface area contributed by atoms with E-state index in [9.17, 15) is 0 Å². The van der Waals surface area contributed by atoms with E-state index in [0.29, 0.717) is 0 Å². The first-order valence-electron chi connectivity index (χ1n) is 5.19. The first kappa shape index (κ1) is 10.4. The van der Waals surface area contributed by atoms with Crippen molar-refractivity contribution in [1.29, 1.82) is 0 Å². The molecule has 0 N–H and O–H groups in total. The second-order valence-corrected chi connectivity index (χ2v) is 11.1. The van der Waals surface area contributed by atoms with Crippen LogP contribution in [0.4, 0.5) is 0 Å². The van der Waals surface area contributed by atoms with Crippen molar-refractivity contribution in [1.82, 2.24) is 0 Å². The van der Waals surface area contributed by atoms with Crippen LogP contribution >= 0.6 is 0 Å². The van der Waals surface area contributed by atoms with Gasteiger partial charge >= 0.3 is 95.0 Å². The molecule has 1 aliphatic carbocycles. The monoisotopic (exact) mass is 263 g/mol. The molecule has 0 spiro atoms. The van der Waals surface area contributed by atoms with E-state index in [2.05, 4.69) is 47.4 Å². The normalized spacial score (nSPS) is 19.9.